The maximum atomic E-state index is 12.5. The summed E-state index contributed by atoms with van der Waals surface area (Å²) in [6.45, 7) is 1.10. The second kappa shape index (κ2) is 6.64. The van der Waals surface area contributed by atoms with Gasteiger partial charge in [-0.15, -0.1) is 11.8 Å². The highest BCUT2D eigenvalue weighted by atomic mass is 32.2. The van der Waals surface area contributed by atoms with E-state index < -0.39 is 0 Å². The van der Waals surface area contributed by atoms with Crippen LogP contribution in [0.3, 0.4) is 0 Å². The number of hydrogen-bond acceptors (Lipinski definition) is 3. The second-order valence-electron chi connectivity index (χ2n) is 5.05. The van der Waals surface area contributed by atoms with Crippen LogP contribution in [0.4, 0.5) is 0 Å². The van der Waals surface area contributed by atoms with Crippen LogP contribution in [-0.2, 0) is 4.79 Å². The summed E-state index contributed by atoms with van der Waals surface area (Å²) in [5.74, 6) is 1.47. The van der Waals surface area contributed by atoms with Gasteiger partial charge < -0.3 is 10.0 Å². The highest BCUT2D eigenvalue weighted by Gasteiger charge is 2.32. The summed E-state index contributed by atoms with van der Waals surface area (Å²) < 4.78 is 0. The zero-order valence-corrected chi connectivity index (χ0v) is 11.3. The van der Waals surface area contributed by atoms with Gasteiger partial charge in [0.25, 0.3) is 0 Å². The zero-order valence-electron chi connectivity index (χ0n) is 10.4. The number of piperidine rings is 1. The molecule has 2 rings (SSSR count). The van der Waals surface area contributed by atoms with Gasteiger partial charge in [-0.3, -0.25) is 4.79 Å². The van der Waals surface area contributed by atoms with Crippen LogP contribution in [0.25, 0.3) is 0 Å². The van der Waals surface area contributed by atoms with Crippen LogP contribution in [0.1, 0.15) is 44.9 Å². The van der Waals surface area contributed by atoms with Crippen molar-refractivity contribution in [3.05, 3.63) is 0 Å². The molecule has 2 atom stereocenters. The summed E-state index contributed by atoms with van der Waals surface area (Å²) in [5, 5.41) is 9.28. The molecule has 0 aromatic rings. The molecule has 0 aromatic heterocycles. The van der Waals surface area contributed by atoms with Crippen LogP contribution in [0, 0.1) is 0 Å². The van der Waals surface area contributed by atoms with Crippen molar-refractivity contribution in [1.82, 2.24) is 4.90 Å². The molecule has 2 unspecified atom stereocenters. The van der Waals surface area contributed by atoms with Crippen LogP contribution in [0.5, 0.6) is 0 Å². The van der Waals surface area contributed by atoms with Crippen molar-refractivity contribution in [1.29, 1.82) is 0 Å². The van der Waals surface area contributed by atoms with Crippen molar-refractivity contribution in [3.8, 4) is 0 Å². The number of nitrogens with zero attached hydrogens (tertiary/aromatic N) is 1. The van der Waals surface area contributed by atoms with E-state index in [2.05, 4.69) is 4.90 Å². The number of carbonyl (C=O) groups is 1. The van der Waals surface area contributed by atoms with Crippen LogP contribution in [0.15, 0.2) is 0 Å². The molecule has 98 valence electrons. The highest BCUT2D eigenvalue weighted by Crippen LogP contribution is 2.29. The Bertz CT molecular complexity index is 252. The van der Waals surface area contributed by atoms with E-state index in [1.54, 1.807) is 0 Å². The van der Waals surface area contributed by atoms with Crippen LogP contribution >= 0.6 is 11.8 Å². The Morgan fingerprint density at radius 3 is 2.76 bits per heavy atom. The standard InChI is InChI=1S/C13H23NO2S/c15-9-7-11-5-1-3-8-14(11)13(16)12-6-2-4-10-17-12/h11-12,15H,1-10H2. The molecule has 2 heterocycles. The van der Waals surface area contributed by atoms with Crippen molar-refractivity contribution in [2.45, 2.75) is 56.2 Å². The van der Waals surface area contributed by atoms with Gasteiger partial charge >= 0.3 is 0 Å². The minimum Gasteiger partial charge on any atom is -0.396 e. The Labute approximate surface area is 108 Å². The molecule has 0 aromatic carbocycles. The Hall–Kier alpha value is -0.220. The first-order valence-corrected chi connectivity index (χ1v) is 7.90. The predicted octanol–water partition coefficient (Wildman–Crippen LogP) is 2.04. The molecule has 0 radical (unpaired) electrons. The van der Waals surface area contributed by atoms with Crippen molar-refractivity contribution in [3.63, 3.8) is 0 Å². The van der Waals surface area contributed by atoms with Gasteiger partial charge in [0.1, 0.15) is 0 Å². The maximum Gasteiger partial charge on any atom is 0.235 e. The number of aliphatic hydroxyl groups is 1. The average Bonchev–Trinajstić information content (AvgIpc) is 2.40. The molecule has 2 aliphatic rings. The lowest BCUT2D eigenvalue weighted by molar-refractivity contribution is -0.134. The van der Waals surface area contributed by atoms with E-state index in [4.69, 9.17) is 5.11 Å². The van der Waals surface area contributed by atoms with E-state index in [1.807, 2.05) is 11.8 Å². The fourth-order valence-corrected chi connectivity index (χ4v) is 4.13. The lowest BCUT2D eigenvalue weighted by Crippen LogP contribution is -2.48. The molecular weight excluding hydrogens is 234 g/mol. The monoisotopic (exact) mass is 257 g/mol. The topological polar surface area (TPSA) is 40.5 Å². The smallest absolute Gasteiger partial charge is 0.235 e. The number of rotatable bonds is 3. The Kier molecular flexibility index (Phi) is 5.16. The molecule has 2 fully saturated rings. The van der Waals surface area contributed by atoms with Crippen molar-refractivity contribution >= 4 is 17.7 Å². The second-order valence-corrected chi connectivity index (χ2v) is 6.36. The summed E-state index contributed by atoms with van der Waals surface area (Å²) in [4.78, 5) is 14.5. The van der Waals surface area contributed by atoms with Crippen molar-refractivity contribution in [2.75, 3.05) is 18.9 Å². The third kappa shape index (κ3) is 3.38. The SMILES string of the molecule is O=C(C1CCCCS1)N1CCCCC1CCO. The summed E-state index contributed by atoms with van der Waals surface area (Å²) in [6, 6.07) is 0.295. The van der Waals surface area contributed by atoms with Crippen LogP contribution in [-0.4, -0.2) is 46.1 Å². The van der Waals surface area contributed by atoms with Crippen molar-refractivity contribution in [2.24, 2.45) is 0 Å². The first-order valence-electron chi connectivity index (χ1n) is 6.86. The number of hydrogen-bond donors (Lipinski definition) is 1. The maximum absolute atomic E-state index is 12.5. The fourth-order valence-electron chi connectivity index (χ4n) is 2.86. The first kappa shape index (κ1) is 13.2. The third-order valence-electron chi connectivity index (χ3n) is 3.83. The molecule has 3 nitrogen and oxygen atoms in total. The lowest BCUT2D eigenvalue weighted by Gasteiger charge is -2.38. The number of thioether (sulfide) groups is 1. The van der Waals surface area contributed by atoms with E-state index in [0.29, 0.717) is 11.9 Å². The predicted molar refractivity (Wildman–Crippen MR) is 71.2 cm³/mol. The van der Waals surface area contributed by atoms with E-state index in [-0.39, 0.29) is 11.9 Å². The lowest BCUT2D eigenvalue weighted by atomic mass is 9.98. The molecule has 0 bridgehead atoms. The first-order chi connectivity index (χ1) is 8.33. The molecule has 17 heavy (non-hydrogen) atoms. The van der Waals surface area contributed by atoms with Crippen LogP contribution < -0.4 is 0 Å². The zero-order chi connectivity index (χ0) is 12.1. The molecule has 0 aliphatic carbocycles. The summed E-state index contributed by atoms with van der Waals surface area (Å²) in [7, 11) is 0. The molecule has 4 heteroatoms. The minimum atomic E-state index is 0.197. The van der Waals surface area contributed by atoms with Gasteiger partial charge in [-0.05, 0) is 44.3 Å². The quantitative estimate of drug-likeness (QED) is 0.841. The van der Waals surface area contributed by atoms with Gasteiger partial charge in [-0.25, -0.2) is 0 Å². The Balaban J connectivity index is 1.94. The molecular formula is C13H23NO2S. The van der Waals surface area contributed by atoms with Gasteiger partial charge in [-0.2, -0.15) is 0 Å². The van der Waals surface area contributed by atoms with E-state index in [9.17, 15) is 4.79 Å². The van der Waals surface area contributed by atoms with Gasteiger partial charge in [0.15, 0.2) is 0 Å². The fraction of sp³-hybridized carbons (Fsp3) is 0.923. The Morgan fingerprint density at radius 2 is 2.06 bits per heavy atom. The van der Waals surface area contributed by atoms with Crippen LogP contribution in [0.2, 0.25) is 0 Å². The molecule has 2 saturated heterocycles. The minimum absolute atomic E-state index is 0.197. The van der Waals surface area contributed by atoms with Crippen molar-refractivity contribution < 1.29 is 9.90 Å². The Morgan fingerprint density at radius 1 is 1.24 bits per heavy atom. The van der Waals surface area contributed by atoms with Gasteiger partial charge in [-0.1, -0.05) is 6.42 Å². The molecule has 0 saturated carbocycles. The number of carbonyl (C=O) groups excluding carboxylic acids is 1. The number of amides is 1. The van der Waals surface area contributed by atoms with E-state index in [1.165, 1.54) is 19.3 Å². The van der Waals surface area contributed by atoms with Gasteiger partial charge in [0.2, 0.25) is 5.91 Å². The summed E-state index contributed by atoms with van der Waals surface area (Å²) in [6.07, 6.45) is 7.66. The number of aliphatic hydroxyl groups excluding tert-OH is 1. The third-order valence-corrected chi connectivity index (χ3v) is 5.19. The van der Waals surface area contributed by atoms with E-state index >= 15 is 0 Å². The number of likely N-dealkylation sites (tertiary alicyclic amines) is 1. The molecule has 1 amide bonds. The molecule has 0 spiro atoms. The summed E-state index contributed by atoms with van der Waals surface area (Å²) >= 11 is 1.83. The largest absolute Gasteiger partial charge is 0.396 e. The normalized spacial score (nSPS) is 30.3. The molecule has 1 N–H and O–H groups in total. The van der Waals surface area contributed by atoms with E-state index in [0.717, 1.165) is 38.0 Å². The van der Waals surface area contributed by atoms with Gasteiger partial charge in [0, 0.05) is 19.2 Å². The molecule has 2 aliphatic heterocycles. The summed E-state index contributed by atoms with van der Waals surface area (Å²) in [5.41, 5.74) is 0. The van der Waals surface area contributed by atoms with Gasteiger partial charge in [0.05, 0.1) is 5.25 Å². The highest BCUT2D eigenvalue weighted by molar-refractivity contribution is 8.00. The average molecular weight is 257 g/mol.